The Morgan fingerprint density at radius 2 is 1.84 bits per heavy atom. The van der Waals surface area contributed by atoms with Crippen LogP contribution in [0.15, 0.2) is 65.1 Å². The van der Waals surface area contributed by atoms with Crippen molar-refractivity contribution < 1.29 is 28.3 Å². The van der Waals surface area contributed by atoms with Gasteiger partial charge in [0.25, 0.3) is 17.7 Å². The highest BCUT2D eigenvalue weighted by atomic mass is 32.1. The van der Waals surface area contributed by atoms with E-state index in [4.69, 9.17) is 25.4 Å². The number of furan rings is 1. The van der Waals surface area contributed by atoms with Gasteiger partial charge in [-0.1, -0.05) is 30.3 Å². The van der Waals surface area contributed by atoms with Crippen LogP contribution in [-0.2, 0) is 11.3 Å². The van der Waals surface area contributed by atoms with E-state index in [1.165, 1.54) is 4.90 Å². The number of nitrogens with two attached hydrogens (primary N) is 2. The van der Waals surface area contributed by atoms with E-state index in [-0.39, 0.29) is 35.4 Å². The van der Waals surface area contributed by atoms with Crippen LogP contribution in [-0.4, -0.2) is 28.9 Å². The smallest absolute Gasteiger partial charge is 0.273 e. The summed E-state index contributed by atoms with van der Waals surface area (Å²) in [5.41, 5.74) is 12.2. The van der Waals surface area contributed by atoms with Crippen LogP contribution in [0.2, 0.25) is 0 Å². The molecular weight excluding hydrogens is 510 g/mol. The Kier molecular flexibility index (Phi) is 6.71. The average molecular weight is 534 g/mol. The van der Waals surface area contributed by atoms with Gasteiger partial charge in [-0.25, -0.2) is 0 Å². The molecule has 5 N–H and O–H groups in total. The second kappa shape index (κ2) is 10.3. The van der Waals surface area contributed by atoms with Crippen LogP contribution < -0.4 is 31.2 Å². The fourth-order valence-electron chi connectivity index (χ4n) is 4.01. The Hall–Kier alpha value is -4.84. The maximum atomic E-state index is 14.1. The maximum absolute atomic E-state index is 14.1. The van der Waals surface area contributed by atoms with Gasteiger partial charge in [0.2, 0.25) is 6.79 Å². The van der Waals surface area contributed by atoms with Crippen LogP contribution in [0.4, 0.5) is 11.4 Å². The van der Waals surface area contributed by atoms with Crippen LogP contribution in [0, 0.1) is 6.92 Å². The SMILES string of the molecule is Cc1ccc(C(C(=O)NCc2ccccc2)N(C(=O)c2snc(C(N)=O)c2N)c2ccc3c(c2)OCO3)o1. The molecule has 0 bridgehead atoms. The fraction of sp³-hybridized carbons (Fsp3) is 0.154. The van der Waals surface area contributed by atoms with Gasteiger partial charge in [-0.15, -0.1) is 0 Å². The Morgan fingerprint density at radius 3 is 2.53 bits per heavy atom. The number of carbonyl (C=O) groups is 3. The lowest BCUT2D eigenvalue weighted by Gasteiger charge is -2.30. The average Bonchev–Trinajstić information content (AvgIpc) is 3.65. The number of amides is 3. The van der Waals surface area contributed by atoms with Crippen LogP contribution in [0.1, 0.15) is 43.3 Å². The molecule has 1 unspecified atom stereocenters. The van der Waals surface area contributed by atoms with Crippen LogP contribution in [0.3, 0.4) is 0 Å². The van der Waals surface area contributed by atoms with Crippen molar-refractivity contribution in [1.82, 2.24) is 9.69 Å². The molecule has 0 fully saturated rings. The van der Waals surface area contributed by atoms with Gasteiger partial charge >= 0.3 is 0 Å². The summed E-state index contributed by atoms with van der Waals surface area (Å²) in [6, 6.07) is 16.2. The minimum absolute atomic E-state index is 0.0227. The van der Waals surface area contributed by atoms with Crippen LogP contribution >= 0.6 is 11.5 Å². The van der Waals surface area contributed by atoms with Gasteiger partial charge in [-0.3, -0.25) is 19.3 Å². The molecule has 194 valence electrons. The molecule has 0 aliphatic carbocycles. The number of primary amides is 1. The number of nitrogens with one attached hydrogen (secondary N) is 1. The zero-order valence-corrected chi connectivity index (χ0v) is 21.0. The van der Waals surface area contributed by atoms with E-state index in [0.717, 1.165) is 5.56 Å². The predicted octanol–water partition coefficient (Wildman–Crippen LogP) is 3.16. The van der Waals surface area contributed by atoms with Crippen molar-refractivity contribution in [3.63, 3.8) is 0 Å². The Balaban J connectivity index is 1.61. The summed E-state index contributed by atoms with van der Waals surface area (Å²) in [7, 11) is 0. The van der Waals surface area contributed by atoms with E-state index in [9.17, 15) is 14.4 Å². The summed E-state index contributed by atoms with van der Waals surface area (Å²) in [6.45, 7) is 1.97. The number of benzene rings is 2. The normalized spacial score (nSPS) is 12.7. The summed E-state index contributed by atoms with van der Waals surface area (Å²) in [5.74, 6) is -0.397. The maximum Gasteiger partial charge on any atom is 0.273 e. The molecule has 11 nitrogen and oxygen atoms in total. The summed E-state index contributed by atoms with van der Waals surface area (Å²) in [5, 5.41) is 2.89. The minimum Gasteiger partial charge on any atom is -0.464 e. The number of aromatic nitrogens is 1. The zero-order valence-electron chi connectivity index (χ0n) is 20.2. The summed E-state index contributed by atoms with van der Waals surface area (Å²) in [4.78, 5) is 40.8. The monoisotopic (exact) mass is 533 g/mol. The van der Waals surface area contributed by atoms with Crippen molar-refractivity contribution in [1.29, 1.82) is 0 Å². The largest absolute Gasteiger partial charge is 0.464 e. The number of carbonyl (C=O) groups excluding carboxylic acids is 3. The molecule has 5 rings (SSSR count). The summed E-state index contributed by atoms with van der Waals surface area (Å²) in [6.07, 6.45) is 0. The molecule has 1 atom stereocenters. The third-order valence-electron chi connectivity index (χ3n) is 5.86. The fourth-order valence-corrected chi connectivity index (χ4v) is 4.76. The number of ether oxygens (including phenoxy) is 2. The molecule has 0 saturated heterocycles. The number of hydrogen-bond donors (Lipinski definition) is 3. The number of aryl methyl sites for hydroxylation is 1. The molecule has 38 heavy (non-hydrogen) atoms. The lowest BCUT2D eigenvalue weighted by molar-refractivity contribution is -0.123. The third-order valence-corrected chi connectivity index (χ3v) is 6.71. The van der Waals surface area contributed by atoms with Gasteiger partial charge in [0, 0.05) is 18.3 Å². The molecule has 1 aliphatic heterocycles. The first-order valence-electron chi connectivity index (χ1n) is 11.5. The van der Waals surface area contributed by atoms with E-state index >= 15 is 0 Å². The molecule has 0 radical (unpaired) electrons. The van der Waals surface area contributed by atoms with E-state index in [1.54, 1.807) is 37.3 Å². The molecule has 4 aromatic rings. The standard InChI is InChI=1S/C26H23N5O6S/c1-14-7-9-18(37-14)22(25(33)29-12-15-5-3-2-4-6-15)31(16-8-10-17-19(11-16)36-13-35-17)26(34)23-20(27)21(24(28)32)30-38-23/h2-11,22H,12-13,27H2,1H3,(H2,28,32)(H,29,33). The van der Waals surface area contributed by atoms with Crippen molar-refractivity contribution >= 4 is 40.6 Å². The van der Waals surface area contributed by atoms with E-state index in [2.05, 4.69) is 9.69 Å². The van der Waals surface area contributed by atoms with Gasteiger partial charge in [-0.2, -0.15) is 4.37 Å². The number of rotatable bonds is 8. The molecule has 12 heteroatoms. The Labute approximate surface area is 221 Å². The quantitative estimate of drug-likeness (QED) is 0.311. The molecule has 0 saturated carbocycles. The second-order valence-electron chi connectivity index (χ2n) is 8.41. The molecule has 0 spiro atoms. The first kappa shape index (κ1) is 24.8. The molecule has 2 aromatic heterocycles. The highest BCUT2D eigenvalue weighted by molar-refractivity contribution is 7.09. The first-order valence-corrected chi connectivity index (χ1v) is 12.3. The van der Waals surface area contributed by atoms with Gasteiger partial charge in [0.15, 0.2) is 23.2 Å². The molecule has 3 heterocycles. The zero-order chi connectivity index (χ0) is 26.8. The van der Waals surface area contributed by atoms with Crippen molar-refractivity contribution in [3.05, 3.63) is 88.3 Å². The van der Waals surface area contributed by atoms with E-state index in [0.29, 0.717) is 34.5 Å². The number of hydrogen-bond acceptors (Lipinski definition) is 9. The van der Waals surface area contributed by atoms with Crippen molar-refractivity contribution in [3.8, 4) is 11.5 Å². The van der Waals surface area contributed by atoms with Gasteiger partial charge in [-0.05, 0) is 48.3 Å². The molecular formula is C26H23N5O6S. The highest BCUT2D eigenvalue weighted by Crippen LogP contribution is 2.40. The highest BCUT2D eigenvalue weighted by Gasteiger charge is 2.38. The molecule has 3 amide bonds. The van der Waals surface area contributed by atoms with Crippen molar-refractivity contribution in [2.45, 2.75) is 19.5 Å². The van der Waals surface area contributed by atoms with Crippen molar-refractivity contribution in [2.75, 3.05) is 17.4 Å². The molecule has 1 aliphatic rings. The number of nitrogen functional groups attached to an aromatic ring is 1. The Bertz CT molecular complexity index is 1520. The van der Waals surface area contributed by atoms with Gasteiger partial charge in [0.1, 0.15) is 16.4 Å². The molecule has 2 aromatic carbocycles. The van der Waals surface area contributed by atoms with E-state index < -0.39 is 23.8 Å². The van der Waals surface area contributed by atoms with Crippen LogP contribution in [0.5, 0.6) is 11.5 Å². The van der Waals surface area contributed by atoms with Gasteiger partial charge in [0.05, 0.1) is 5.69 Å². The van der Waals surface area contributed by atoms with Crippen LogP contribution in [0.25, 0.3) is 0 Å². The lowest BCUT2D eigenvalue weighted by atomic mass is 10.1. The lowest BCUT2D eigenvalue weighted by Crippen LogP contribution is -2.43. The third kappa shape index (κ3) is 4.76. The predicted molar refractivity (Wildman–Crippen MR) is 139 cm³/mol. The topological polar surface area (TPSA) is 163 Å². The second-order valence-corrected chi connectivity index (χ2v) is 9.18. The Morgan fingerprint density at radius 1 is 1.08 bits per heavy atom. The number of nitrogens with zero attached hydrogens (tertiary/aromatic N) is 2. The van der Waals surface area contributed by atoms with Crippen molar-refractivity contribution in [2.24, 2.45) is 5.73 Å². The first-order chi connectivity index (χ1) is 18.3. The number of fused-ring (bicyclic) bond motifs is 1. The summed E-state index contributed by atoms with van der Waals surface area (Å²) >= 11 is 0.715. The minimum atomic E-state index is -1.25. The summed E-state index contributed by atoms with van der Waals surface area (Å²) < 4.78 is 20.7. The number of anilines is 2. The van der Waals surface area contributed by atoms with Gasteiger partial charge < -0.3 is 30.7 Å². The van der Waals surface area contributed by atoms with E-state index in [1.807, 2.05) is 30.3 Å².